The van der Waals surface area contributed by atoms with Crippen LogP contribution in [0.15, 0.2) is 83.3 Å². The predicted octanol–water partition coefficient (Wildman–Crippen LogP) is 5.99. The first kappa shape index (κ1) is 27.2. The summed E-state index contributed by atoms with van der Waals surface area (Å²) in [5.74, 6) is 0.231. The molecule has 0 bridgehead atoms. The predicted molar refractivity (Wildman–Crippen MR) is 151 cm³/mol. The number of rotatable bonds is 12. The first-order valence-corrected chi connectivity index (χ1v) is 13.6. The number of benzene rings is 3. The Hall–Kier alpha value is -2.39. The summed E-state index contributed by atoms with van der Waals surface area (Å²) >= 11 is 5.69. The molecule has 0 aliphatic carbocycles. The van der Waals surface area contributed by atoms with Gasteiger partial charge in [-0.25, -0.2) is 0 Å². The Morgan fingerprint density at radius 3 is 2.31 bits per heavy atom. The van der Waals surface area contributed by atoms with Gasteiger partial charge in [0.15, 0.2) is 6.61 Å². The van der Waals surface area contributed by atoms with E-state index in [9.17, 15) is 9.59 Å². The molecule has 0 saturated carbocycles. The van der Waals surface area contributed by atoms with E-state index in [4.69, 9.17) is 4.74 Å². The Bertz CT molecular complexity index is 1080. The van der Waals surface area contributed by atoms with Gasteiger partial charge in [-0.3, -0.25) is 9.59 Å². The zero-order valence-corrected chi connectivity index (χ0v) is 23.5. The maximum atomic E-state index is 13.5. The molecule has 184 valence electrons. The van der Waals surface area contributed by atoms with Crippen LogP contribution in [0.25, 0.3) is 0 Å². The van der Waals surface area contributed by atoms with Gasteiger partial charge in [-0.2, -0.15) is 0 Å². The molecule has 0 aliphatic rings. The number of amides is 2. The molecule has 5 nitrogen and oxygen atoms in total. The van der Waals surface area contributed by atoms with Crippen LogP contribution in [0.1, 0.15) is 30.9 Å². The van der Waals surface area contributed by atoms with Crippen LogP contribution in [0.4, 0.5) is 0 Å². The Balaban J connectivity index is 1.86. The third kappa shape index (κ3) is 8.96. The van der Waals surface area contributed by atoms with Crippen molar-refractivity contribution in [2.24, 2.45) is 0 Å². The van der Waals surface area contributed by atoms with Crippen molar-refractivity contribution in [3.05, 3.63) is 98.0 Å². The molecule has 0 radical (unpaired) electrons. The normalized spacial score (nSPS) is 11.5. The van der Waals surface area contributed by atoms with Crippen LogP contribution >= 0.6 is 38.5 Å². The fourth-order valence-electron chi connectivity index (χ4n) is 3.61. The number of halogens is 2. The van der Waals surface area contributed by atoms with Gasteiger partial charge in [-0.1, -0.05) is 71.7 Å². The fraction of sp³-hybridized carbons (Fsp3) is 0.286. The lowest BCUT2D eigenvalue weighted by Gasteiger charge is -2.31. The van der Waals surface area contributed by atoms with E-state index >= 15 is 0 Å². The Morgan fingerprint density at radius 1 is 0.971 bits per heavy atom. The number of ether oxygens (including phenoxy) is 1. The summed E-state index contributed by atoms with van der Waals surface area (Å²) < 4.78 is 7.85. The van der Waals surface area contributed by atoms with Crippen molar-refractivity contribution >= 4 is 50.3 Å². The number of nitrogens with zero attached hydrogens (tertiary/aromatic N) is 1. The van der Waals surface area contributed by atoms with E-state index in [0.29, 0.717) is 25.3 Å². The second-order valence-corrected chi connectivity index (χ2v) is 10.4. The standard InChI is InChI=1S/C28H30BrIN2O3/c1-2-3-17-31-28(34)26(18-21-7-5-4-6-8-21)32(19-22-9-11-23(29)12-10-22)27(33)20-35-25-15-13-24(30)14-16-25/h4-16,26H,2-3,17-20H2,1H3,(H,31,34). The average Bonchev–Trinajstić information content (AvgIpc) is 2.87. The fourth-order valence-corrected chi connectivity index (χ4v) is 4.23. The molecule has 2 amide bonds. The molecule has 3 aromatic carbocycles. The Kier molecular flexibility index (Phi) is 11.1. The smallest absolute Gasteiger partial charge is 0.261 e. The Morgan fingerprint density at radius 2 is 1.66 bits per heavy atom. The number of carbonyl (C=O) groups excluding carboxylic acids is 2. The highest BCUT2D eigenvalue weighted by Gasteiger charge is 2.30. The number of unbranched alkanes of at least 4 members (excludes halogenated alkanes) is 1. The highest BCUT2D eigenvalue weighted by atomic mass is 127. The van der Waals surface area contributed by atoms with Crippen molar-refractivity contribution in [2.75, 3.05) is 13.2 Å². The first-order valence-electron chi connectivity index (χ1n) is 11.7. The monoisotopic (exact) mass is 648 g/mol. The molecule has 0 spiro atoms. The molecule has 0 heterocycles. The highest BCUT2D eigenvalue weighted by molar-refractivity contribution is 14.1. The van der Waals surface area contributed by atoms with Crippen LogP contribution in [0, 0.1) is 3.57 Å². The van der Waals surface area contributed by atoms with Gasteiger partial charge in [0.05, 0.1) is 0 Å². The van der Waals surface area contributed by atoms with E-state index in [1.54, 1.807) is 4.90 Å². The van der Waals surface area contributed by atoms with E-state index in [-0.39, 0.29) is 18.4 Å². The molecule has 0 saturated heterocycles. The van der Waals surface area contributed by atoms with Crippen LogP contribution in [-0.2, 0) is 22.6 Å². The summed E-state index contributed by atoms with van der Waals surface area (Å²) in [4.78, 5) is 28.5. The molecule has 1 unspecified atom stereocenters. The van der Waals surface area contributed by atoms with Crippen molar-refractivity contribution in [1.82, 2.24) is 10.2 Å². The van der Waals surface area contributed by atoms with E-state index in [0.717, 1.165) is 32.0 Å². The number of hydrogen-bond acceptors (Lipinski definition) is 3. The third-order valence-electron chi connectivity index (χ3n) is 5.54. The molecule has 0 fully saturated rings. The average molecular weight is 649 g/mol. The number of nitrogens with one attached hydrogen (secondary N) is 1. The SMILES string of the molecule is CCCCNC(=O)C(Cc1ccccc1)N(Cc1ccc(Br)cc1)C(=O)COc1ccc(I)cc1. The van der Waals surface area contributed by atoms with Crippen molar-refractivity contribution in [1.29, 1.82) is 0 Å². The molecule has 1 N–H and O–H groups in total. The summed E-state index contributed by atoms with van der Waals surface area (Å²) in [6, 6.07) is 24.5. The summed E-state index contributed by atoms with van der Waals surface area (Å²) in [5, 5.41) is 3.03. The van der Waals surface area contributed by atoms with E-state index in [1.807, 2.05) is 78.9 Å². The van der Waals surface area contributed by atoms with Crippen LogP contribution in [0.2, 0.25) is 0 Å². The molecule has 3 rings (SSSR count). The molecule has 1 atom stereocenters. The second kappa shape index (κ2) is 14.2. The van der Waals surface area contributed by atoms with Gasteiger partial charge >= 0.3 is 0 Å². The lowest BCUT2D eigenvalue weighted by Crippen LogP contribution is -2.51. The molecular weight excluding hydrogens is 619 g/mol. The van der Waals surface area contributed by atoms with Gasteiger partial charge in [0, 0.05) is 27.6 Å². The van der Waals surface area contributed by atoms with Crippen LogP contribution < -0.4 is 10.1 Å². The van der Waals surface area contributed by atoms with E-state index in [2.05, 4.69) is 50.8 Å². The first-order chi connectivity index (χ1) is 17.0. The zero-order valence-electron chi connectivity index (χ0n) is 19.8. The second-order valence-electron chi connectivity index (χ2n) is 8.24. The maximum Gasteiger partial charge on any atom is 0.261 e. The molecule has 0 aromatic heterocycles. The number of carbonyl (C=O) groups is 2. The van der Waals surface area contributed by atoms with Crippen molar-refractivity contribution in [3.8, 4) is 5.75 Å². The van der Waals surface area contributed by atoms with Crippen molar-refractivity contribution < 1.29 is 14.3 Å². The largest absolute Gasteiger partial charge is 0.484 e. The minimum atomic E-state index is -0.661. The van der Waals surface area contributed by atoms with Gasteiger partial charge in [-0.15, -0.1) is 0 Å². The van der Waals surface area contributed by atoms with Crippen molar-refractivity contribution in [2.45, 2.75) is 38.8 Å². The van der Waals surface area contributed by atoms with E-state index < -0.39 is 6.04 Å². The lowest BCUT2D eigenvalue weighted by molar-refractivity contribution is -0.142. The minimum absolute atomic E-state index is 0.148. The molecule has 0 aliphatic heterocycles. The molecule has 7 heteroatoms. The minimum Gasteiger partial charge on any atom is -0.484 e. The number of hydrogen-bond donors (Lipinski definition) is 1. The quantitative estimate of drug-likeness (QED) is 0.194. The van der Waals surface area contributed by atoms with Crippen LogP contribution in [0.5, 0.6) is 5.75 Å². The van der Waals surface area contributed by atoms with Crippen LogP contribution in [-0.4, -0.2) is 35.9 Å². The molecule has 35 heavy (non-hydrogen) atoms. The summed E-state index contributed by atoms with van der Waals surface area (Å²) in [7, 11) is 0. The van der Waals surface area contributed by atoms with Crippen molar-refractivity contribution in [3.63, 3.8) is 0 Å². The lowest BCUT2D eigenvalue weighted by atomic mass is 10.0. The van der Waals surface area contributed by atoms with Gasteiger partial charge in [0.1, 0.15) is 11.8 Å². The summed E-state index contributed by atoms with van der Waals surface area (Å²) in [6.07, 6.45) is 2.29. The van der Waals surface area contributed by atoms with E-state index in [1.165, 1.54) is 0 Å². The van der Waals surface area contributed by atoms with Gasteiger partial charge in [0.25, 0.3) is 5.91 Å². The van der Waals surface area contributed by atoms with Gasteiger partial charge in [0.2, 0.25) is 5.91 Å². The van der Waals surface area contributed by atoms with Crippen LogP contribution in [0.3, 0.4) is 0 Å². The van der Waals surface area contributed by atoms with Gasteiger partial charge in [-0.05, 0) is 76.5 Å². The molecular formula is C28H30BrIN2O3. The highest BCUT2D eigenvalue weighted by Crippen LogP contribution is 2.18. The summed E-state index contributed by atoms with van der Waals surface area (Å²) in [5.41, 5.74) is 1.94. The van der Waals surface area contributed by atoms with Gasteiger partial charge < -0.3 is 15.0 Å². The molecule has 3 aromatic rings. The third-order valence-corrected chi connectivity index (χ3v) is 6.79. The maximum absolute atomic E-state index is 13.5. The zero-order chi connectivity index (χ0) is 25.0. The Labute approximate surface area is 229 Å². The topological polar surface area (TPSA) is 58.6 Å². The summed E-state index contributed by atoms with van der Waals surface area (Å²) in [6.45, 7) is 2.82.